The van der Waals surface area contributed by atoms with E-state index >= 15 is 0 Å². The van der Waals surface area contributed by atoms with Crippen molar-refractivity contribution in [1.82, 2.24) is 0 Å². The minimum Gasteiger partial charge on any atom is -0.294 e. The number of sulfonamides is 1. The van der Waals surface area contributed by atoms with Crippen LogP contribution in [0.15, 0.2) is 53.4 Å². The van der Waals surface area contributed by atoms with Gasteiger partial charge in [0.1, 0.15) is 0 Å². The fourth-order valence-corrected chi connectivity index (χ4v) is 4.46. The van der Waals surface area contributed by atoms with Gasteiger partial charge in [0.05, 0.1) is 10.6 Å². The molecule has 1 heterocycles. The molecule has 2 aromatic rings. The number of carbonyl (C=O) groups is 1. The van der Waals surface area contributed by atoms with Gasteiger partial charge in [0.25, 0.3) is 10.0 Å². The van der Waals surface area contributed by atoms with E-state index in [2.05, 4.69) is 0 Å². The quantitative estimate of drug-likeness (QED) is 0.855. The number of nitrogens with zero attached hydrogens (tertiary/aromatic N) is 1. The van der Waals surface area contributed by atoms with E-state index in [9.17, 15) is 13.2 Å². The fraction of sp³-hybridized carbons (Fsp3) is 0.235. The van der Waals surface area contributed by atoms with Crippen molar-refractivity contribution >= 4 is 21.5 Å². The van der Waals surface area contributed by atoms with Crippen molar-refractivity contribution < 1.29 is 13.2 Å². The monoisotopic (exact) mass is 315 g/mol. The Balaban J connectivity index is 2.16. The van der Waals surface area contributed by atoms with Crippen LogP contribution < -0.4 is 4.31 Å². The Hall–Kier alpha value is -2.14. The van der Waals surface area contributed by atoms with Crippen molar-refractivity contribution in [2.24, 2.45) is 0 Å². The molecular formula is C17H17NO3S. The third-order valence-corrected chi connectivity index (χ3v) is 5.84. The van der Waals surface area contributed by atoms with E-state index in [4.69, 9.17) is 0 Å². The van der Waals surface area contributed by atoms with Crippen molar-refractivity contribution in [2.45, 2.75) is 31.2 Å². The summed E-state index contributed by atoms with van der Waals surface area (Å²) in [5.74, 6) is -0.0153. The number of para-hydroxylation sites is 1. The predicted molar refractivity (Wildman–Crippen MR) is 85.7 cm³/mol. The van der Waals surface area contributed by atoms with Gasteiger partial charge < -0.3 is 0 Å². The van der Waals surface area contributed by atoms with Gasteiger partial charge in [-0.3, -0.25) is 9.10 Å². The van der Waals surface area contributed by atoms with Gasteiger partial charge >= 0.3 is 0 Å². The van der Waals surface area contributed by atoms with Crippen molar-refractivity contribution in [2.75, 3.05) is 4.31 Å². The maximum atomic E-state index is 13.0. The minimum atomic E-state index is -3.68. The second-order valence-corrected chi connectivity index (χ2v) is 7.42. The largest absolute Gasteiger partial charge is 0.294 e. The van der Waals surface area contributed by atoms with Gasteiger partial charge in [-0.2, -0.15) is 0 Å². The number of ketones is 1. The first-order chi connectivity index (χ1) is 10.4. The van der Waals surface area contributed by atoms with Crippen molar-refractivity contribution in [3.05, 3.63) is 59.7 Å². The molecule has 22 heavy (non-hydrogen) atoms. The van der Waals surface area contributed by atoms with Gasteiger partial charge in [-0.1, -0.05) is 29.8 Å². The number of aryl methyl sites for hydroxylation is 1. The molecule has 3 rings (SSSR count). The van der Waals surface area contributed by atoms with Crippen molar-refractivity contribution in [3.63, 3.8) is 0 Å². The first kappa shape index (κ1) is 14.8. The summed E-state index contributed by atoms with van der Waals surface area (Å²) in [7, 11) is -3.68. The van der Waals surface area contributed by atoms with Crippen LogP contribution in [0.4, 0.5) is 5.69 Å². The molecule has 0 radical (unpaired) electrons. The predicted octanol–water partition coefficient (Wildman–Crippen LogP) is 3.17. The SMILES string of the molecule is Cc1ccc(S(=O)(=O)N2c3ccccc3C(=O)C[C@@H]2C)cc1. The topological polar surface area (TPSA) is 54.5 Å². The molecule has 0 saturated heterocycles. The summed E-state index contributed by atoms with van der Waals surface area (Å²) >= 11 is 0. The van der Waals surface area contributed by atoms with Crippen LogP contribution in [0.25, 0.3) is 0 Å². The summed E-state index contributed by atoms with van der Waals surface area (Å²) in [6.07, 6.45) is 0.197. The molecule has 0 bridgehead atoms. The molecule has 1 aliphatic heterocycles. The molecule has 114 valence electrons. The van der Waals surface area contributed by atoms with Gasteiger partial charge in [0, 0.05) is 18.0 Å². The lowest BCUT2D eigenvalue weighted by molar-refractivity contribution is 0.0972. The molecule has 0 fully saturated rings. The Morgan fingerprint density at radius 2 is 1.68 bits per heavy atom. The summed E-state index contributed by atoms with van der Waals surface area (Å²) in [4.78, 5) is 12.4. The molecule has 0 saturated carbocycles. The molecule has 1 aliphatic rings. The second-order valence-electron chi connectivity index (χ2n) is 5.61. The number of carbonyl (C=O) groups excluding carboxylic acids is 1. The normalized spacial score (nSPS) is 18.2. The highest BCUT2D eigenvalue weighted by atomic mass is 32.2. The number of Topliss-reactive ketones (excluding diaryl/α,β-unsaturated/α-hetero) is 1. The standard InChI is InChI=1S/C17H17NO3S/c1-12-7-9-14(10-8-12)22(20,21)18-13(2)11-17(19)15-5-3-4-6-16(15)18/h3-10,13H,11H2,1-2H3/t13-/m0/s1. The smallest absolute Gasteiger partial charge is 0.264 e. The number of rotatable bonds is 2. The van der Waals surface area contributed by atoms with E-state index in [1.165, 1.54) is 4.31 Å². The lowest BCUT2D eigenvalue weighted by Crippen LogP contribution is -2.43. The van der Waals surface area contributed by atoms with Crippen LogP contribution in [0.2, 0.25) is 0 Å². The summed E-state index contributed by atoms with van der Waals surface area (Å²) in [5.41, 5.74) is 1.93. The maximum absolute atomic E-state index is 13.0. The van der Waals surface area contributed by atoms with Crippen molar-refractivity contribution in [1.29, 1.82) is 0 Å². The van der Waals surface area contributed by atoms with Crippen LogP contribution in [-0.4, -0.2) is 20.2 Å². The van der Waals surface area contributed by atoms with Gasteiger partial charge in [0.15, 0.2) is 5.78 Å². The molecule has 0 aromatic heterocycles. The van der Waals surface area contributed by atoms with Crippen LogP contribution in [-0.2, 0) is 10.0 Å². The zero-order valence-corrected chi connectivity index (χ0v) is 13.3. The molecule has 0 unspecified atom stereocenters. The van der Waals surface area contributed by atoms with E-state index in [1.54, 1.807) is 55.5 Å². The van der Waals surface area contributed by atoms with E-state index in [-0.39, 0.29) is 17.1 Å². The molecule has 4 nitrogen and oxygen atoms in total. The van der Waals surface area contributed by atoms with E-state index in [0.29, 0.717) is 11.3 Å². The highest BCUT2D eigenvalue weighted by Gasteiger charge is 2.36. The van der Waals surface area contributed by atoms with Gasteiger partial charge in [0.2, 0.25) is 0 Å². The van der Waals surface area contributed by atoms with Gasteiger partial charge in [-0.05, 0) is 38.1 Å². The van der Waals surface area contributed by atoms with Crippen LogP contribution in [0.5, 0.6) is 0 Å². The highest BCUT2D eigenvalue weighted by Crippen LogP contribution is 2.35. The third-order valence-electron chi connectivity index (χ3n) is 3.90. The molecular weight excluding hydrogens is 298 g/mol. The first-order valence-electron chi connectivity index (χ1n) is 7.14. The highest BCUT2D eigenvalue weighted by molar-refractivity contribution is 7.92. The third kappa shape index (κ3) is 2.31. The number of hydrogen-bond donors (Lipinski definition) is 0. The molecule has 0 spiro atoms. The molecule has 0 N–H and O–H groups in total. The summed E-state index contributed by atoms with van der Waals surface area (Å²) < 4.78 is 27.4. The lowest BCUT2D eigenvalue weighted by Gasteiger charge is -2.35. The van der Waals surface area contributed by atoms with Crippen LogP contribution in [0, 0.1) is 6.92 Å². The lowest BCUT2D eigenvalue weighted by atomic mass is 9.98. The zero-order chi connectivity index (χ0) is 15.9. The van der Waals surface area contributed by atoms with E-state index in [0.717, 1.165) is 5.56 Å². The number of anilines is 1. The Morgan fingerprint density at radius 3 is 2.36 bits per heavy atom. The van der Waals surface area contributed by atoms with Crippen LogP contribution in [0.3, 0.4) is 0 Å². The maximum Gasteiger partial charge on any atom is 0.264 e. The van der Waals surface area contributed by atoms with Gasteiger partial charge in [-0.25, -0.2) is 8.42 Å². The number of fused-ring (bicyclic) bond motifs is 1. The molecule has 5 heteroatoms. The summed E-state index contributed by atoms with van der Waals surface area (Å²) in [6.45, 7) is 3.67. The van der Waals surface area contributed by atoms with E-state index < -0.39 is 16.1 Å². The molecule has 0 amide bonds. The molecule has 2 aromatic carbocycles. The fourth-order valence-electron chi connectivity index (χ4n) is 2.79. The average Bonchev–Trinajstić information content (AvgIpc) is 2.47. The minimum absolute atomic E-state index is 0.0153. The average molecular weight is 315 g/mol. The Kier molecular flexibility index (Phi) is 3.53. The molecule has 1 atom stereocenters. The Labute approximate surface area is 130 Å². The zero-order valence-electron chi connectivity index (χ0n) is 12.5. The summed E-state index contributed by atoms with van der Waals surface area (Å²) in [6, 6.07) is 13.2. The first-order valence-corrected chi connectivity index (χ1v) is 8.58. The number of hydrogen-bond acceptors (Lipinski definition) is 3. The Morgan fingerprint density at radius 1 is 1.05 bits per heavy atom. The van der Waals surface area contributed by atoms with Crippen molar-refractivity contribution in [3.8, 4) is 0 Å². The van der Waals surface area contributed by atoms with Crippen LogP contribution in [0.1, 0.15) is 29.3 Å². The number of benzene rings is 2. The Bertz CT molecular complexity index is 825. The molecule has 0 aliphatic carbocycles. The summed E-state index contributed by atoms with van der Waals surface area (Å²) in [5, 5.41) is 0. The van der Waals surface area contributed by atoms with Crippen LogP contribution >= 0.6 is 0 Å². The van der Waals surface area contributed by atoms with E-state index in [1.807, 2.05) is 6.92 Å². The van der Waals surface area contributed by atoms with Gasteiger partial charge in [-0.15, -0.1) is 0 Å². The second kappa shape index (κ2) is 5.25.